The largest absolute Gasteiger partial charge is 0.368 e. The SMILES string of the molecule is CC[C@@H](C(N)=O)N(C(=O)[C@H](C)N(C=O)OC(C)(C)C)c1ccc2ccccc2c1. The van der Waals surface area contributed by atoms with E-state index in [0.717, 1.165) is 15.8 Å². The predicted molar refractivity (Wildman–Crippen MR) is 113 cm³/mol. The Bertz CT molecular complexity index is 891. The van der Waals surface area contributed by atoms with Crippen LogP contribution in [0.2, 0.25) is 0 Å². The Kier molecular flexibility index (Phi) is 6.97. The van der Waals surface area contributed by atoms with Crippen molar-refractivity contribution in [2.45, 2.75) is 58.7 Å². The van der Waals surface area contributed by atoms with Crippen molar-refractivity contribution in [1.82, 2.24) is 5.06 Å². The predicted octanol–water partition coefficient (Wildman–Crippen LogP) is 3.01. The lowest BCUT2D eigenvalue weighted by Crippen LogP contribution is -2.55. The van der Waals surface area contributed by atoms with Crippen LogP contribution in [0, 0.1) is 0 Å². The molecule has 29 heavy (non-hydrogen) atoms. The van der Waals surface area contributed by atoms with Gasteiger partial charge < -0.3 is 5.73 Å². The van der Waals surface area contributed by atoms with E-state index in [1.807, 2.05) is 36.4 Å². The highest BCUT2D eigenvalue weighted by Gasteiger charge is 2.35. The van der Waals surface area contributed by atoms with E-state index in [4.69, 9.17) is 10.6 Å². The molecule has 0 saturated heterocycles. The summed E-state index contributed by atoms with van der Waals surface area (Å²) in [6.07, 6.45) is 0.805. The molecule has 3 amide bonds. The van der Waals surface area contributed by atoms with Gasteiger partial charge in [0.1, 0.15) is 12.1 Å². The molecule has 0 saturated carbocycles. The summed E-state index contributed by atoms with van der Waals surface area (Å²) in [5, 5.41) is 2.91. The first-order valence-electron chi connectivity index (χ1n) is 9.63. The van der Waals surface area contributed by atoms with Gasteiger partial charge in [-0.1, -0.05) is 37.3 Å². The maximum absolute atomic E-state index is 13.4. The molecule has 0 fully saturated rings. The molecular formula is C22H29N3O4. The summed E-state index contributed by atoms with van der Waals surface area (Å²) in [4.78, 5) is 44.1. The molecule has 0 aromatic heterocycles. The van der Waals surface area contributed by atoms with Crippen molar-refractivity contribution in [2.75, 3.05) is 4.90 Å². The smallest absolute Gasteiger partial charge is 0.252 e. The molecule has 0 heterocycles. The topological polar surface area (TPSA) is 92.9 Å². The Balaban J connectivity index is 2.50. The van der Waals surface area contributed by atoms with E-state index in [0.29, 0.717) is 18.5 Å². The van der Waals surface area contributed by atoms with Gasteiger partial charge in [-0.3, -0.25) is 24.1 Å². The fraction of sp³-hybridized carbons (Fsp3) is 0.409. The molecule has 0 unspecified atom stereocenters. The number of benzene rings is 2. The lowest BCUT2D eigenvalue weighted by molar-refractivity contribution is -0.228. The molecule has 2 aromatic carbocycles. The highest BCUT2D eigenvalue weighted by atomic mass is 16.7. The molecule has 0 aliphatic heterocycles. The third-order valence-corrected chi connectivity index (χ3v) is 4.50. The number of hydrogen-bond donors (Lipinski definition) is 1. The minimum Gasteiger partial charge on any atom is -0.368 e. The van der Waals surface area contributed by atoms with Crippen LogP contribution in [0.3, 0.4) is 0 Å². The van der Waals surface area contributed by atoms with Crippen LogP contribution in [0.4, 0.5) is 5.69 Å². The van der Waals surface area contributed by atoms with Crippen LogP contribution >= 0.6 is 0 Å². The molecule has 0 aliphatic rings. The maximum atomic E-state index is 13.4. The number of anilines is 1. The summed E-state index contributed by atoms with van der Waals surface area (Å²) in [6, 6.07) is 11.4. The van der Waals surface area contributed by atoms with Crippen LogP contribution in [-0.4, -0.2) is 41.0 Å². The van der Waals surface area contributed by atoms with Crippen molar-refractivity contribution in [3.63, 3.8) is 0 Å². The minimum absolute atomic E-state index is 0.335. The number of rotatable bonds is 8. The van der Waals surface area contributed by atoms with Crippen molar-refractivity contribution >= 4 is 34.7 Å². The second kappa shape index (κ2) is 9.05. The van der Waals surface area contributed by atoms with Crippen LogP contribution in [0.5, 0.6) is 0 Å². The van der Waals surface area contributed by atoms with E-state index >= 15 is 0 Å². The average Bonchev–Trinajstić information content (AvgIpc) is 2.67. The zero-order chi connectivity index (χ0) is 21.8. The summed E-state index contributed by atoms with van der Waals surface area (Å²) < 4.78 is 0. The van der Waals surface area contributed by atoms with Gasteiger partial charge in [-0.25, -0.2) is 5.06 Å². The molecule has 0 radical (unpaired) electrons. The Labute approximate surface area is 171 Å². The monoisotopic (exact) mass is 399 g/mol. The Morgan fingerprint density at radius 2 is 1.76 bits per heavy atom. The second-order valence-corrected chi connectivity index (χ2v) is 7.91. The minimum atomic E-state index is -0.952. The molecule has 0 bridgehead atoms. The van der Waals surface area contributed by atoms with Gasteiger partial charge in [0.15, 0.2) is 0 Å². The fourth-order valence-corrected chi connectivity index (χ4v) is 3.12. The van der Waals surface area contributed by atoms with Gasteiger partial charge in [0, 0.05) is 5.69 Å². The van der Waals surface area contributed by atoms with Gasteiger partial charge in [0.25, 0.3) is 5.91 Å². The zero-order valence-electron chi connectivity index (χ0n) is 17.6. The summed E-state index contributed by atoms with van der Waals surface area (Å²) in [7, 11) is 0. The summed E-state index contributed by atoms with van der Waals surface area (Å²) >= 11 is 0. The van der Waals surface area contributed by atoms with Crippen molar-refractivity contribution in [3.05, 3.63) is 42.5 Å². The highest BCUT2D eigenvalue weighted by Crippen LogP contribution is 2.26. The molecular weight excluding hydrogens is 370 g/mol. The van der Waals surface area contributed by atoms with E-state index in [1.165, 1.54) is 4.90 Å². The van der Waals surface area contributed by atoms with Gasteiger partial charge in [-0.2, -0.15) is 0 Å². The first kappa shape index (κ1) is 22.4. The van der Waals surface area contributed by atoms with Crippen molar-refractivity contribution < 1.29 is 19.2 Å². The Morgan fingerprint density at radius 3 is 2.28 bits per heavy atom. The molecule has 2 rings (SSSR count). The van der Waals surface area contributed by atoms with Gasteiger partial charge in [0.2, 0.25) is 12.3 Å². The number of nitrogens with two attached hydrogens (primary N) is 1. The van der Waals surface area contributed by atoms with Gasteiger partial charge in [0.05, 0.1) is 5.60 Å². The number of amides is 3. The average molecular weight is 399 g/mol. The molecule has 0 aliphatic carbocycles. The zero-order valence-corrected chi connectivity index (χ0v) is 17.6. The van der Waals surface area contributed by atoms with Crippen LogP contribution in [0.15, 0.2) is 42.5 Å². The van der Waals surface area contributed by atoms with Crippen molar-refractivity contribution in [2.24, 2.45) is 5.73 Å². The number of hydroxylamine groups is 2. The normalized spacial score (nSPS) is 13.6. The summed E-state index contributed by atoms with van der Waals surface area (Å²) in [5.41, 5.74) is 5.46. The van der Waals surface area contributed by atoms with Crippen LogP contribution in [0.1, 0.15) is 41.0 Å². The summed E-state index contributed by atoms with van der Waals surface area (Å²) in [6.45, 7) is 8.68. The first-order chi connectivity index (χ1) is 13.6. The van der Waals surface area contributed by atoms with Gasteiger partial charge >= 0.3 is 0 Å². The number of hydrogen-bond acceptors (Lipinski definition) is 4. The van der Waals surface area contributed by atoms with E-state index in [2.05, 4.69) is 0 Å². The van der Waals surface area contributed by atoms with E-state index in [1.54, 1.807) is 40.7 Å². The molecule has 2 N–H and O–H groups in total. The van der Waals surface area contributed by atoms with E-state index in [-0.39, 0.29) is 0 Å². The van der Waals surface area contributed by atoms with Gasteiger partial charge in [-0.15, -0.1) is 0 Å². The number of fused-ring (bicyclic) bond motifs is 1. The number of carbonyl (C=O) groups excluding carboxylic acids is 3. The molecule has 2 aromatic rings. The number of nitrogens with zero attached hydrogens (tertiary/aromatic N) is 2. The number of carbonyl (C=O) groups is 3. The van der Waals surface area contributed by atoms with Crippen LogP contribution in [0.25, 0.3) is 10.8 Å². The number of primary amides is 1. The van der Waals surface area contributed by atoms with Crippen LogP contribution < -0.4 is 10.6 Å². The van der Waals surface area contributed by atoms with Crippen molar-refractivity contribution in [3.8, 4) is 0 Å². The second-order valence-electron chi connectivity index (χ2n) is 7.91. The third-order valence-electron chi connectivity index (χ3n) is 4.50. The standard InChI is InChI=1S/C22H29N3O4/c1-6-19(20(23)27)25(18-12-11-16-9-7-8-10-17(16)13-18)21(28)15(2)24(14-26)29-22(3,4)5/h7-15,19H,6H2,1-5H3,(H2,23,27)/t15-,19-/m0/s1. The first-order valence-corrected chi connectivity index (χ1v) is 9.63. The van der Waals surface area contributed by atoms with E-state index in [9.17, 15) is 14.4 Å². The molecule has 156 valence electrons. The molecule has 7 heteroatoms. The molecule has 7 nitrogen and oxygen atoms in total. The quantitative estimate of drug-likeness (QED) is 0.545. The maximum Gasteiger partial charge on any atom is 0.252 e. The Morgan fingerprint density at radius 1 is 1.14 bits per heavy atom. The van der Waals surface area contributed by atoms with Crippen LogP contribution in [-0.2, 0) is 19.2 Å². The lowest BCUT2D eigenvalue weighted by Gasteiger charge is -2.36. The van der Waals surface area contributed by atoms with E-state index < -0.39 is 29.5 Å². The molecule has 0 spiro atoms. The van der Waals surface area contributed by atoms with Crippen molar-refractivity contribution in [1.29, 1.82) is 0 Å². The molecule has 2 atom stereocenters. The lowest BCUT2D eigenvalue weighted by atomic mass is 10.1. The highest BCUT2D eigenvalue weighted by molar-refractivity contribution is 6.04. The van der Waals surface area contributed by atoms with Gasteiger partial charge in [-0.05, 0) is 57.0 Å². The summed E-state index contributed by atoms with van der Waals surface area (Å²) in [5.74, 6) is -1.07. The fourth-order valence-electron chi connectivity index (χ4n) is 3.12. The third kappa shape index (κ3) is 5.32. The Hall–Kier alpha value is -2.93.